The van der Waals surface area contributed by atoms with Crippen molar-refractivity contribution in [1.82, 2.24) is 4.37 Å². The molecule has 0 saturated carbocycles. The zero-order valence-corrected chi connectivity index (χ0v) is 6.75. The second-order valence-electron chi connectivity index (χ2n) is 2.67. The third-order valence-corrected chi connectivity index (χ3v) is 2.53. The van der Waals surface area contributed by atoms with Crippen molar-refractivity contribution in [3.63, 3.8) is 0 Å². The molecule has 0 bridgehead atoms. The van der Waals surface area contributed by atoms with E-state index in [0.717, 1.165) is 5.56 Å². The number of aliphatic hydroxyl groups excluding tert-OH is 1. The van der Waals surface area contributed by atoms with Crippen LogP contribution in [0, 0.1) is 0 Å². The predicted octanol–water partition coefficient (Wildman–Crippen LogP) is 0.618. The summed E-state index contributed by atoms with van der Waals surface area (Å²) in [6.45, 7) is 1.08. The second-order valence-corrected chi connectivity index (χ2v) is 3.33. The van der Waals surface area contributed by atoms with Gasteiger partial charge < -0.3 is 9.84 Å². The standard InChI is InChI=1S/C7H9NO2S/c9-7-3-10-2-6(7)5-1-8-11-4-5/h1,4,6-7,9H,2-3H2. The van der Waals surface area contributed by atoms with Crippen LogP contribution in [0.4, 0.5) is 0 Å². The van der Waals surface area contributed by atoms with Crippen molar-refractivity contribution < 1.29 is 9.84 Å². The van der Waals surface area contributed by atoms with Crippen LogP contribution in [0.3, 0.4) is 0 Å². The van der Waals surface area contributed by atoms with Gasteiger partial charge in [0.1, 0.15) is 0 Å². The maximum absolute atomic E-state index is 9.41. The van der Waals surface area contributed by atoms with Crippen LogP contribution in [0.5, 0.6) is 0 Å². The average Bonchev–Trinajstić information content (AvgIpc) is 2.55. The second kappa shape index (κ2) is 2.89. The third-order valence-electron chi connectivity index (χ3n) is 1.93. The molecule has 0 radical (unpaired) electrons. The van der Waals surface area contributed by atoms with Crippen LogP contribution in [0.25, 0.3) is 0 Å². The van der Waals surface area contributed by atoms with Crippen LogP contribution < -0.4 is 0 Å². The first-order chi connectivity index (χ1) is 5.38. The minimum Gasteiger partial charge on any atom is -0.390 e. The maximum atomic E-state index is 9.41. The number of rotatable bonds is 1. The Hall–Kier alpha value is -0.450. The molecule has 2 heterocycles. The number of hydrogen-bond acceptors (Lipinski definition) is 4. The molecule has 1 aromatic rings. The first-order valence-electron chi connectivity index (χ1n) is 3.53. The fraction of sp³-hybridized carbons (Fsp3) is 0.571. The van der Waals surface area contributed by atoms with Crippen molar-refractivity contribution in [2.75, 3.05) is 13.2 Å². The van der Waals surface area contributed by atoms with E-state index in [1.54, 1.807) is 6.20 Å². The smallest absolute Gasteiger partial charge is 0.0865 e. The highest BCUT2D eigenvalue weighted by atomic mass is 32.1. The quantitative estimate of drug-likeness (QED) is 0.673. The van der Waals surface area contributed by atoms with Crippen molar-refractivity contribution >= 4 is 11.5 Å². The number of aromatic nitrogens is 1. The normalized spacial score (nSPS) is 31.0. The Morgan fingerprint density at radius 1 is 1.64 bits per heavy atom. The maximum Gasteiger partial charge on any atom is 0.0865 e. The summed E-state index contributed by atoms with van der Waals surface area (Å²) in [5.74, 6) is 0.147. The molecule has 0 spiro atoms. The Morgan fingerprint density at radius 2 is 2.55 bits per heavy atom. The molecule has 1 aliphatic heterocycles. The van der Waals surface area contributed by atoms with Gasteiger partial charge in [-0.15, -0.1) is 0 Å². The molecule has 0 aliphatic carbocycles. The topological polar surface area (TPSA) is 42.4 Å². The Balaban J connectivity index is 2.16. The average molecular weight is 171 g/mol. The SMILES string of the molecule is OC1COCC1c1cnsc1. The van der Waals surface area contributed by atoms with E-state index in [0.29, 0.717) is 13.2 Å². The highest BCUT2D eigenvalue weighted by Gasteiger charge is 2.27. The van der Waals surface area contributed by atoms with Crippen molar-refractivity contribution in [3.05, 3.63) is 17.1 Å². The minimum atomic E-state index is -0.341. The Kier molecular flexibility index (Phi) is 1.89. The molecule has 4 heteroatoms. The zero-order valence-electron chi connectivity index (χ0n) is 5.93. The van der Waals surface area contributed by atoms with Gasteiger partial charge >= 0.3 is 0 Å². The van der Waals surface area contributed by atoms with Crippen LogP contribution in [0.2, 0.25) is 0 Å². The summed E-state index contributed by atoms with van der Waals surface area (Å²) in [5, 5.41) is 11.4. The molecule has 60 valence electrons. The van der Waals surface area contributed by atoms with Gasteiger partial charge in [0, 0.05) is 17.5 Å². The molecule has 1 N–H and O–H groups in total. The molecule has 2 unspecified atom stereocenters. The molecule has 11 heavy (non-hydrogen) atoms. The van der Waals surface area contributed by atoms with E-state index in [4.69, 9.17) is 4.74 Å². The summed E-state index contributed by atoms with van der Waals surface area (Å²) in [6, 6.07) is 0. The summed E-state index contributed by atoms with van der Waals surface area (Å²) >= 11 is 1.41. The van der Waals surface area contributed by atoms with Crippen molar-refractivity contribution in [3.8, 4) is 0 Å². The van der Waals surface area contributed by atoms with Gasteiger partial charge in [-0.1, -0.05) is 0 Å². The highest BCUT2D eigenvalue weighted by molar-refractivity contribution is 7.03. The Labute approximate surface area is 68.8 Å². The molecule has 2 atom stereocenters. The summed E-state index contributed by atoms with van der Waals surface area (Å²) < 4.78 is 9.10. The van der Waals surface area contributed by atoms with Gasteiger partial charge in [0.05, 0.1) is 19.3 Å². The summed E-state index contributed by atoms with van der Waals surface area (Å²) in [5.41, 5.74) is 1.10. The fourth-order valence-corrected chi connectivity index (χ4v) is 1.86. The highest BCUT2D eigenvalue weighted by Crippen LogP contribution is 2.25. The lowest BCUT2D eigenvalue weighted by Crippen LogP contribution is -2.14. The van der Waals surface area contributed by atoms with Gasteiger partial charge in [-0.2, -0.15) is 0 Å². The summed E-state index contributed by atoms with van der Waals surface area (Å²) in [6.07, 6.45) is 1.46. The van der Waals surface area contributed by atoms with E-state index in [1.165, 1.54) is 11.5 Å². The number of nitrogens with zero attached hydrogens (tertiary/aromatic N) is 1. The molecular weight excluding hydrogens is 162 g/mol. The molecule has 1 aromatic heterocycles. The van der Waals surface area contributed by atoms with Gasteiger partial charge in [0.2, 0.25) is 0 Å². The molecule has 1 aliphatic rings. The monoisotopic (exact) mass is 171 g/mol. The van der Waals surface area contributed by atoms with E-state index in [-0.39, 0.29) is 12.0 Å². The number of aliphatic hydroxyl groups is 1. The van der Waals surface area contributed by atoms with E-state index in [1.807, 2.05) is 5.38 Å². The lowest BCUT2D eigenvalue weighted by Gasteiger charge is -2.08. The van der Waals surface area contributed by atoms with Crippen LogP contribution in [-0.2, 0) is 4.74 Å². The van der Waals surface area contributed by atoms with Crippen LogP contribution in [-0.4, -0.2) is 28.8 Å². The fourth-order valence-electron chi connectivity index (χ4n) is 1.26. The number of ether oxygens (including phenoxy) is 1. The molecule has 1 saturated heterocycles. The molecule has 3 nitrogen and oxygen atoms in total. The molecular formula is C7H9NO2S. The Bertz CT molecular complexity index is 224. The van der Waals surface area contributed by atoms with E-state index in [9.17, 15) is 5.11 Å². The van der Waals surface area contributed by atoms with E-state index < -0.39 is 0 Å². The third kappa shape index (κ3) is 1.29. The van der Waals surface area contributed by atoms with Crippen LogP contribution in [0.1, 0.15) is 11.5 Å². The lowest BCUT2D eigenvalue weighted by molar-refractivity contribution is 0.124. The number of hydrogen-bond donors (Lipinski definition) is 1. The summed E-state index contributed by atoms with van der Waals surface area (Å²) in [7, 11) is 0. The lowest BCUT2D eigenvalue weighted by atomic mass is 10.0. The van der Waals surface area contributed by atoms with Crippen LogP contribution >= 0.6 is 11.5 Å². The van der Waals surface area contributed by atoms with Gasteiger partial charge in [0.15, 0.2) is 0 Å². The predicted molar refractivity (Wildman–Crippen MR) is 41.7 cm³/mol. The summed E-state index contributed by atoms with van der Waals surface area (Å²) in [4.78, 5) is 0. The Morgan fingerprint density at radius 3 is 3.09 bits per heavy atom. The van der Waals surface area contributed by atoms with Crippen LogP contribution in [0.15, 0.2) is 11.6 Å². The van der Waals surface area contributed by atoms with E-state index >= 15 is 0 Å². The molecule has 0 amide bonds. The van der Waals surface area contributed by atoms with Gasteiger partial charge in [-0.05, 0) is 17.1 Å². The largest absolute Gasteiger partial charge is 0.390 e. The molecule has 0 aromatic carbocycles. The van der Waals surface area contributed by atoms with Crippen molar-refractivity contribution in [1.29, 1.82) is 0 Å². The van der Waals surface area contributed by atoms with Crippen molar-refractivity contribution in [2.24, 2.45) is 0 Å². The minimum absolute atomic E-state index is 0.147. The van der Waals surface area contributed by atoms with E-state index in [2.05, 4.69) is 4.37 Å². The first-order valence-corrected chi connectivity index (χ1v) is 4.36. The first kappa shape index (κ1) is 7.21. The molecule has 2 rings (SSSR count). The van der Waals surface area contributed by atoms with Gasteiger partial charge in [-0.25, -0.2) is 4.37 Å². The molecule has 1 fully saturated rings. The zero-order chi connectivity index (χ0) is 7.68. The van der Waals surface area contributed by atoms with Crippen molar-refractivity contribution in [2.45, 2.75) is 12.0 Å². The van der Waals surface area contributed by atoms with Gasteiger partial charge in [-0.3, -0.25) is 0 Å². The van der Waals surface area contributed by atoms with Gasteiger partial charge in [0.25, 0.3) is 0 Å².